The number of benzene rings is 4. The molecule has 0 saturated heterocycles. The molecule has 1 aliphatic heterocycles. The largest absolute Gasteiger partial charge is 0.319 e. The van der Waals surface area contributed by atoms with Crippen LogP contribution in [0.4, 0.5) is 0 Å². The van der Waals surface area contributed by atoms with Crippen molar-refractivity contribution in [2.24, 2.45) is 5.92 Å². The molecule has 3 unspecified atom stereocenters. The van der Waals surface area contributed by atoms with Crippen molar-refractivity contribution in [2.45, 2.75) is 50.7 Å². The second kappa shape index (κ2) is 10.6. The van der Waals surface area contributed by atoms with Crippen LogP contribution in [-0.4, -0.2) is 22.6 Å². The molecule has 1 aromatic heterocycles. The quantitative estimate of drug-likeness (QED) is 0.155. The maximum atomic E-state index is 4.58. The number of nitrogens with one attached hydrogen (secondary N) is 1. The topological polar surface area (TPSA) is 63.1 Å². The molecule has 0 bridgehead atoms. The molecular weight excluding hydrogens is 536 g/mol. The highest BCUT2D eigenvalue weighted by molar-refractivity contribution is 6.18. The number of nitrogens with zero attached hydrogens (tertiary/aromatic N) is 1. The number of hydrogen-bond acceptors (Lipinski definition) is 0. The van der Waals surface area contributed by atoms with Crippen molar-refractivity contribution in [3.05, 3.63) is 149 Å². The van der Waals surface area contributed by atoms with Crippen LogP contribution in [0.15, 0.2) is 127 Å². The van der Waals surface area contributed by atoms with Gasteiger partial charge in [-0.3, -0.25) is 0 Å². The van der Waals surface area contributed by atoms with Crippen LogP contribution in [0.1, 0.15) is 55.4 Å². The van der Waals surface area contributed by atoms with Gasteiger partial charge in [0.15, 0.2) is 0 Å². The lowest BCUT2D eigenvalue weighted by Gasteiger charge is -2.35. The molecule has 0 spiro atoms. The highest BCUT2D eigenvalue weighted by atomic mass is 15.1. The Balaban J connectivity index is 1.41. The molecule has 3 aliphatic rings. The summed E-state index contributed by atoms with van der Waals surface area (Å²) < 4.78 is 2.44. The van der Waals surface area contributed by atoms with Gasteiger partial charge in [-0.05, 0) is 77.4 Å². The van der Waals surface area contributed by atoms with Crippen molar-refractivity contribution in [1.29, 1.82) is 0 Å². The van der Waals surface area contributed by atoms with Crippen molar-refractivity contribution < 1.29 is 16.0 Å². The number of fused-ring (bicyclic) bond motifs is 6. The summed E-state index contributed by atoms with van der Waals surface area (Å²) in [6.07, 6.45) is 12.6. The van der Waals surface area contributed by atoms with Crippen LogP contribution in [0.25, 0.3) is 27.4 Å². The fraction of sp³-hybridized carbons (Fsp3) is 0.225. The molecule has 8 rings (SSSR count). The molecule has 2 aliphatic carbocycles. The molecular formula is C40H41N4+3. The van der Waals surface area contributed by atoms with E-state index in [1.807, 2.05) is 0 Å². The summed E-state index contributed by atoms with van der Waals surface area (Å²) >= 11 is 0. The number of quaternary nitrogens is 2. The van der Waals surface area contributed by atoms with Gasteiger partial charge < -0.3 is 11.1 Å². The van der Waals surface area contributed by atoms with Crippen molar-refractivity contribution >= 4 is 33.2 Å². The van der Waals surface area contributed by atoms with Crippen LogP contribution >= 0.6 is 0 Å². The summed E-state index contributed by atoms with van der Waals surface area (Å²) in [6, 6.07) is 36.6. The maximum Gasteiger partial charge on any atom is 0.256 e. The summed E-state index contributed by atoms with van der Waals surface area (Å²) in [5.74, 6) is 1.55. The number of aromatic nitrogens is 1. The van der Waals surface area contributed by atoms with Crippen LogP contribution in [0, 0.1) is 5.92 Å². The van der Waals surface area contributed by atoms with Crippen LogP contribution < -0.4 is 16.0 Å². The first-order valence-electron chi connectivity index (χ1n) is 16.1. The van der Waals surface area contributed by atoms with Crippen LogP contribution in [-0.2, 0) is 5.41 Å². The second-order valence-electron chi connectivity index (χ2n) is 12.8. The molecule has 0 saturated carbocycles. The van der Waals surface area contributed by atoms with Crippen molar-refractivity contribution in [2.75, 3.05) is 0 Å². The smallest absolute Gasteiger partial charge is 0.256 e. The zero-order valence-electron chi connectivity index (χ0n) is 25.6. The predicted octanol–water partition coefficient (Wildman–Crippen LogP) is 4.65. The van der Waals surface area contributed by atoms with E-state index in [1.165, 1.54) is 55.2 Å². The van der Waals surface area contributed by atoms with Gasteiger partial charge in [0, 0.05) is 24.1 Å². The Hall–Kier alpha value is -4.51. The number of allylic oxidation sites excluding steroid dienone is 4. The first kappa shape index (κ1) is 27.1. The lowest BCUT2D eigenvalue weighted by Crippen LogP contribution is -2.99. The number of para-hydroxylation sites is 1. The van der Waals surface area contributed by atoms with E-state index < -0.39 is 0 Å². The monoisotopic (exact) mass is 577 g/mol. The van der Waals surface area contributed by atoms with E-state index >= 15 is 0 Å². The van der Waals surface area contributed by atoms with Crippen LogP contribution in [0.3, 0.4) is 0 Å². The summed E-state index contributed by atoms with van der Waals surface area (Å²) in [4.78, 5) is 3.83. The van der Waals surface area contributed by atoms with Gasteiger partial charge in [0.2, 0.25) is 6.17 Å². The first-order valence-corrected chi connectivity index (χ1v) is 16.1. The number of nitrogens with two attached hydrogens (primary N) is 1. The molecule has 44 heavy (non-hydrogen) atoms. The minimum Gasteiger partial charge on any atom is -0.319 e. The maximum absolute atomic E-state index is 4.58. The van der Waals surface area contributed by atoms with Crippen molar-refractivity contribution in [3.8, 4) is 0 Å². The van der Waals surface area contributed by atoms with Gasteiger partial charge in [0.05, 0.1) is 11.6 Å². The van der Waals surface area contributed by atoms with Crippen LogP contribution in [0.5, 0.6) is 0 Å². The zero-order chi connectivity index (χ0) is 29.8. The summed E-state index contributed by atoms with van der Waals surface area (Å²) in [7, 11) is 0. The van der Waals surface area contributed by atoms with Gasteiger partial charge in [-0.1, -0.05) is 91.0 Å². The van der Waals surface area contributed by atoms with E-state index in [-0.39, 0.29) is 11.6 Å². The Morgan fingerprint density at radius 1 is 0.886 bits per heavy atom. The lowest BCUT2D eigenvalue weighted by molar-refractivity contribution is -0.729. The Labute approximate surface area is 259 Å². The van der Waals surface area contributed by atoms with Gasteiger partial charge in [-0.2, -0.15) is 4.57 Å². The molecule has 4 aromatic carbocycles. The van der Waals surface area contributed by atoms with Crippen molar-refractivity contribution in [1.82, 2.24) is 4.57 Å². The highest BCUT2D eigenvalue weighted by Gasteiger charge is 2.48. The molecule has 2 heterocycles. The third-order valence-electron chi connectivity index (χ3n) is 10.5. The molecule has 4 heteroatoms. The van der Waals surface area contributed by atoms with E-state index in [2.05, 4.69) is 156 Å². The van der Waals surface area contributed by atoms with Gasteiger partial charge >= 0.3 is 0 Å². The third-order valence-corrected chi connectivity index (χ3v) is 10.5. The van der Waals surface area contributed by atoms with Gasteiger partial charge in [0.1, 0.15) is 23.0 Å². The van der Waals surface area contributed by atoms with Gasteiger partial charge in [-0.15, -0.1) is 0 Å². The lowest BCUT2D eigenvalue weighted by atomic mass is 9.66. The minimum atomic E-state index is -0.363. The molecule has 5 aromatic rings. The fourth-order valence-corrected chi connectivity index (χ4v) is 8.32. The minimum absolute atomic E-state index is 0.100. The van der Waals surface area contributed by atoms with E-state index in [1.54, 1.807) is 0 Å². The summed E-state index contributed by atoms with van der Waals surface area (Å²) in [6.45, 7) is 4.54. The molecule has 0 amide bonds. The average Bonchev–Trinajstić information content (AvgIpc) is 3.79. The predicted molar refractivity (Wildman–Crippen MR) is 180 cm³/mol. The van der Waals surface area contributed by atoms with Gasteiger partial charge in [-0.25, -0.2) is 4.99 Å². The molecule has 6 N–H and O–H groups in total. The van der Waals surface area contributed by atoms with Crippen molar-refractivity contribution in [3.63, 3.8) is 0 Å². The third kappa shape index (κ3) is 3.88. The normalized spacial score (nSPS) is 20.3. The van der Waals surface area contributed by atoms with E-state index in [4.69, 9.17) is 0 Å². The SMILES string of the molecule is CC(=[NH+]C([NH3+])C(C)C1CC=C[NH2+]1)n1c2ccccc2c2c3c(ccc21)C(c1ccccc1)(c1ccccc1)C1=C3CCC=C1. The number of rotatable bonds is 5. The second-order valence-corrected chi connectivity index (χ2v) is 12.8. The average molecular weight is 578 g/mol. The standard InChI is InChI=1S/C40H38N4/c1-26(34-21-13-25-42-34)39(41)43-27(2)44-35-22-12-10-19-31(35)38-36(44)24-23-33-37(38)30-18-9-11-20-32(30)40(33,28-14-5-3-6-15-28)29-16-7-4-8-17-29/h3-8,10-17,19-20,22-26,34,39,42H,9,18,21,41H2,1-2H3/p+3. The molecule has 0 fully saturated rings. The van der Waals surface area contributed by atoms with Gasteiger partial charge in [0.25, 0.3) is 5.84 Å². The Bertz CT molecular complexity index is 1960. The molecule has 3 atom stereocenters. The Morgan fingerprint density at radius 3 is 2.30 bits per heavy atom. The molecule has 0 radical (unpaired) electrons. The summed E-state index contributed by atoms with van der Waals surface area (Å²) in [5, 5.41) is 5.00. The van der Waals surface area contributed by atoms with E-state index in [0.29, 0.717) is 12.0 Å². The highest BCUT2D eigenvalue weighted by Crippen LogP contribution is 2.59. The van der Waals surface area contributed by atoms with E-state index in [0.717, 1.165) is 25.1 Å². The zero-order valence-corrected chi connectivity index (χ0v) is 25.6. The van der Waals surface area contributed by atoms with E-state index in [9.17, 15) is 0 Å². The molecule has 218 valence electrons. The fourth-order valence-electron chi connectivity index (χ4n) is 8.32. The molecule has 4 nitrogen and oxygen atoms in total. The Kier molecular flexibility index (Phi) is 6.51. The van der Waals surface area contributed by atoms with Crippen LogP contribution in [0.2, 0.25) is 0 Å². The summed E-state index contributed by atoms with van der Waals surface area (Å²) in [5.41, 5.74) is 15.1. The first-order chi connectivity index (χ1) is 21.6. The Morgan fingerprint density at radius 2 is 1.59 bits per heavy atom. The number of hydrogen-bond donors (Lipinski definition) is 3.